The molecular formula is C22H27NO5. The van der Waals surface area contributed by atoms with Crippen molar-refractivity contribution in [3.63, 3.8) is 0 Å². The molecule has 0 aliphatic heterocycles. The van der Waals surface area contributed by atoms with Gasteiger partial charge in [-0.3, -0.25) is 4.79 Å². The Labute approximate surface area is 165 Å². The Hall–Kier alpha value is -3.02. The van der Waals surface area contributed by atoms with E-state index in [1.54, 1.807) is 31.4 Å². The second-order valence-corrected chi connectivity index (χ2v) is 6.37. The molecule has 0 fully saturated rings. The Bertz CT molecular complexity index is 773. The molecule has 0 aliphatic rings. The summed E-state index contributed by atoms with van der Waals surface area (Å²) in [6, 6.07) is 13.9. The van der Waals surface area contributed by atoms with Crippen LogP contribution in [0.15, 0.2) is 48.5 Å². The molecule has 0 aliphatic carbocycles. The van der Waals surface area contributed by atoms with E-state index < -0.39 is 5.97 Å². The SMILES string of the molecule is CCCCOc1ccc(C(=O)OCC(=O)N[C@H](C)c2cccc(OC)c2)cc1. The van der Waals surface area contributed by atoms with Gasteiger partial charge in [0.2, 0.25) is 0 Å². The van der Waals surface area contributed by atoms with E-state index in [0.717, 1.165) is 18.4 Å². The van der Waals surface area contributed by atoms with Crippen LogP contribution >= 0.6 is 0 Å². The van der Waals surface area contributed by atoms with Crippen molar-refractivity contribution in [2.24, 2.45) is 0 Å². The Morgan fingerprint density at radius 3 is 2.50 bits per heavy atom. The molecule has 0 heterocycles. The quantitative estimate of drug-likeness (QED) is 0.496. The van der Waals surface area contributed by atoms with E-state index in [1.165, 1.54) is 0 Å². The highest BCUT2D eigenvalue weighted by molar-refractivity contribution is 5.91. The molecule has 6 heteroatoms. The van der Waals surface area contributed by atoms with Crippen LogP contribution in [0.5, 0.6) is 11.5 Å². The summed E-state index contributed by atoms with van der Waals surface area (Å²) >= 11 is 0. The smallest absolute Gasteiger partial charge is 0.338 e. The number of hydrogen-bond acceptors (Lipinski definition) is 5. The molecule has 0 spiro atoms. The van der Waals surface area contributed by atoms with Gasteiger partial charge in [0.25, 0.3) is 5.91 Å². The molecule has 0 unspecified atom stereocenters. The largest absolute Gasteiger partial charge is 0.497 e. The predicted molar refractivity (Wildman–Crippen MR) is 107 cm³/mol. The molecule has 0 saturated heterocycles. The van der Waals surface area contributed by atoms with E-state index in [-0.39, 0.29) is 18.6 Å². The zero-order valence-electron chi connectivity index (χ0n) is 16.6. The molecule has 150 valence electrons. The van der Waals surface area contributed by atoms with Gasteiger partial charge in [-0.25, -0.2) is 4.79 Å². The van der Waals surface area contributed by atoms with Crippen LogP contribution in [0.25, 0.3) is 0 Å². The van der Waals surface area contributed by atoms with Crippen LogP contribution in [0, 0.1) is 0 Å². The van der Waals surface area contributed by atoms with Crippen LogP contribution in [0.1, 0.15) is 48.7 Å². The number of carbonyl (C=O) groups excluding carboxylic acids is 2. The topological polar surface area (TPSA) is 73.9 Å². The molecule has 0 aromatic heterocycles. The highest BCUT2D eigenvalue weighted by Crippen LogP contribution is 2.18. The molecule has 1 atom stereocenters. The Balaban J connectivity index is 1.80. The van der Waals surface area contributed by atoms with Crippen LogP contribution in [0.3, 0.4) is 0 Å². The van der Waals surface area contributed by atoms with E-state index in [9.17, 15) is 9.59 Å². The third-order valence-corrected chi connectivity index (χ3v) is 4.16. The van der Waals surface area contributed by atoms with Crippen LogP contribution in [-0.2, 0) is 9.53 Å². The number of nitrogens with one attached hydrogen (secondary N) is 1. The summed E-state index contributed by atoms with van der Waals surface area (Å²) < 4.78 is 15.8. The average Bonchev–Trinajstić information content (AvgIpc) is 2.72. The minimum Gasteiger partial charge on any atom is -0.497 e. The molecule has 0 radical (unpaired) electrons. The van der Waals surface area contributed by atoms with E-state index in [2.05, 4.69) is 12.2 Å². The van der Waals surface area contributed by atoms with Crippen molar-refractivity contribution >= 4 is 11.9 Å². The number of carbonyl (C=O) groups is 2. The summed E-state index contributed by atoms with van der Waals surface area (Å²) in [6.45, 7) is 4.25. The first-order valence-corrected chi connectivity index (χ1v) is 9.36. The molecular weight excluding hydrogens is 358 g/mol. The van der Waals surface area contributed by atoms with Gasteiger partial charge in [0.15, 0.2) is 6.61 Å². The summed E-state index contributed by atoms with van der Waals surface area (Å²) in [6.07, 6.45) is 2.04. The summed E-state index contributed by atoms with van der Waals surface area (Å²) in [5, 5.41) is 2.80. The van der Waals surface area contributed by atoms with E-state index in [4.69, 9.17) is 14.2 Å². The second kappa shape index (κ2) is 11.0. The predicted octanol–water partition coefficient (Wildman–Crippen LogP) is 3.91. The van der Waals surface area contributed by atoms with E-state index in [0.29, 0.717) is 23.7 Å². The number of methoxy groups -OCH3 is 1. The minimum absolute atomic E-state index is 0.235. The Kier molecular flexibility index (Phi) is 8.34. The molecule has 1 N–H and O–H groups in total. The Morgan fingerprint density at radius 1 is 1.07 bits per heavy atom. The Morgan fingerprint density at radius 2 is 1.82 bits per heavy atom. The van der Waals surface area contributed by atoms with Crippen molar-refractivity contribution in [3.8, 4) is 11.5 Å². The van der Waals surface area contributed by atoms with Crippen LogP contribution < -0.4 is 14.8 Å². The maximum absolute atomic E-state index is 12.1. The van der Waals surface area contributed by atoms with Gasteiger partial charge >= 0.3 is 5.97 Å². The highest BCUT2D eigenvalue weighted by atomic mass is 16.5. The fourth-order valence-electron chi connectivity index (χ4n) is 2.51. The van der Waals surface area contributed by atoms with Gasteiger partial charge in [-0.1, -0.05) is 25.5 Å². The number of unbranched alkanes of at least 4 members (excludes halogenated alkanes) is 1. The lowest BCUT2D eigenvalue weighted by Gasteiger charge is -2.15. The van der Waals surface area contributed by atoms with Crippen LogP contribution in [0.4, 0.5) is 0 Å². The number of benzene rings is 2. The number of esters is 1. The fourth-order valence-corrected chi connectivity index (χ4v) is 2.51. The monoisotopic (exact) mass is 385 g/mol. The third-order valence-electron chi connectivity index (χ3n) is 4.16. The van der Waals surface area contributed by atoms with Gasteiger partial charge in [-0.2, -0.15) is 0 Å². The summed E-state index contributed by atoms with van der Waals surface area (Å²) in [7, 11) is 1.59. The number of ether oxygens (including phenoxy) is 3. The second-order valence-electron chi connectivity index (χ2n) is 6.37. The lowest BCUT2D eigenvalue weighted by Crippen LogP contribution is -2.31. The molecule has 2 rings (SSSR count). The molecule has 0 saturated carbocycles. The summed E-state index contributed by atoms with van der Waals surface area (Å²) in [5.74, 6) is 0.495. The first-order chi connectivity index (χ1) is 13.5. The lowest BCUT2D eigenvalue weighted by molar-refractivity contribution is -0.124. The molecule has 1 amide bonds. The maximum atomic E-state index is 12.1. The van der Waals surface area contributed by atoms with Gasteiger partial charge < -0.3 is 19.5 Å². The normalized spacial score (nSPS) is 11.4. The number of amides is 1. The zero-order valence-corrected chi connectivity index (χ0v) is 16.6. The molecule has 28 heavy (non-hydrogen) atoms. The van der Waals surface area contributed by atoms with Crippen molar-refractivity contribution in [2.45, 2.75) is 32.7 Å². The van der Waals surface area contributed by atoms with Crippen LogP contribution in [0.2, 0.25) is 0 Å². The lowest BCUT2D eigenvalue weighted by atomic mass is 10.1. The van der Waals surface area contributed by atoms with Crippen molar-refractivity contribution in [1.29, 1.82) is 0 Å². The van der Waals surface area contributed by atoms with Crippen molar-refractivity contribution in [1.82, 2.24) is 5.32 Å². The van der Waals surface area contributed by atoms with Gasteiger partial charge in [0, 0.05) is 0 Å². The third kappa shape index (κ3) is 6.61. The molecule has 6 nitrogen and oxygen atoms in total. The van der Waals surface area contributed by atoms with E-state index >= 15 is 0 Å². The zero-order chi connectivity index (χ0) is 20.4. The van der Waals surface area contributed by atoms with Crippen LogP contribution in [-0.4, -0.2) is 32.2 Å². The molecule has 2 aromatic carbocycles. The molecule has 2 aromatic rings. The van der Waals surface area contributed by atoms with Gasteiger partial charge in [-0.15, -0.1) is 0 Å². The first kappa shape index (κ1) is 21.3. The van der Waals surface area contributed by atoms with Gasteiger partial charge in [0.05, 0.1) is 25.3 Å². The maximum Gasteiger partial charge on any atom is 0.338 e. The van der Waals surface area contributed by atoms with Gasteiger partial charge in [-0.05, 0) is 55.3 Å². The highest BCUT2D eigenvalue weighted by Gasteiger charge is 2.14. The standard InChI is InChI=1S/C22H27NO5/c1-4-5-13-27-19-11-9-17(10-12-19)22(25)28-15-21(24)23-16(2)18-7-6-8-20(14-18)26-3/h6-12,14,16H,4-5,13,15H2,1-3H3,(H,23,24)/t16-/m1/s1. The number of hydrogen-bond donors (Lipinski definition) is 1. The fraction of sp³-hybridized carbons (Fsp3) is 0.364. The van der Waals surface area contributed by atoms with E-state index in [1.807, 2.05) is 31.2 Å². The molecule has 0 bridgehead atoms. The van der Waals surface area contributed by atoms with Gasteiger partial charge in [0.1, 0.15) is 11.5 Å². The summed E-state index contributed by atoms with van der Waals surface area (Å²) in [4.78, 5) is 24.2. The number of rotatable bonds is 10. The van der Waals surface area contributed by atoms with Crippen molar-refractivity contribution in [2.75, 3.05) is 20.3 Å². The average molecular weight is 385 g/mol. The van der Waals surface area contributed by atoms with Crippen molar-refractivity contribution < 1.29 is 23.8 Å². The minimum atomic E-state index is -0.552. The summed E-state index contributed by atoms with van der Waals surface area (Å²) in [5.41, 5.74) is 1.27. The first-order valence-electron chi connectivity index (χ1n) is 9.36. The van der Waals surface area contributed by atoms with Crippen molar-refractivity contribution in [3.05, 3.63) is 59.7 Å².